The molecule has 116 valence electrons. The molecule has 0 spiro atoms. The molecule has 2 aliphatic heterocycles. The number of aliphatic carboxylic acids is 1. The smallest absolute Gasteiger partial charge is 0.320 e. The predicted molar refractivity (Wildman–Crippen MR) is 84.4 cm³/mol. The van der Waals surface area contributed by atoms with E-state index in [1.165, 1.54) is 25.1 Å². The highest BCUT2D eigenvalue weighted by Gasteiger charge is 2.36. The summed E-state index contributed by atoms with van der Waals surface area (Å²) < 4.78 is 0. The zero-order chi connectivity index (χ0) is 14.4. The molecule has 0 amide bonds. The number of piperidine rings is 1. The van der Waals surface area contributed by atoms with E-state index in [1.54, 1.807) is 0 Å². The van der Waals surface area contributed by atoms with Crippen LogP contribution in [0.5, 0.6) is 0 Å². The van der Waals surface area contributed by atoms with Crippen molar-refractivity contribution < 1.29 is 9.90 Å². The molecule has 0 saturated carbocycles. The summed E-state index contributed by atoms with van der Waals surface area (Å²) in [5.74, 6) is 0.645. The lowest BCUT2D eigenvalue weighted by Gasteiger charge is -2.38. The van der Waals surface area contributed by atoms with E-state index in [1.807, 2.05) is 11.8 Å². The quantitative estimate of drug-likeness (QED) is 0.730. The average molecular weight is 300 g/mol. The van der Waals surface area contributed by atoms with Crippen LogP contribution in [0.1, 0.15) is 38.5 Å². The van der Waals surface area contributed by atoms with Crippen LogP contribution in [0.2, 0.25) is 0 Å². The Morgan fingerprint density at radius 3 is 2.60 bits per heavy atom. The Labute approximate surface area is 126 Å². The fraction of sp³-hybridized carbons (Fsp3) is 0.933. The van der Waals surface area contributed by atoms with E-state index in [9.17, 15) is 9.90 Å². The van der Waals surface area contributed by atoms with Gasteiger partial charge in [0, 0.05) is 6.04 Å². The molecule has 1 N–H and O–H groups in total. The van der Waals surface area contributed by atoms with Gasteiger partial charge in [0.15, 0.2) is 0 Å². The third-order valence-electron chi connectivity index (χ3n) is 4.68. The lowest BCUT2D eigenvalue weighted by Crippen LogP contribution is -2.49. The van der Waals surface area contributed by atoms with Crippen LogP contribution in [0, 0.1) is 0 Å². The number of hydrogen-bond acceptors (Lipinski definition) is 4. The van der Waals surface area contributed by atoms with Crippen LogP contribution in [-0.4, -0.2) is 71.1 Å². The zero-order valence-corrected chi connectivity index (χ0v) is 13.4. The SMILES string of the molecule is CSCCCCN1CCC(N2CCCC2C(=O)O)CC1. The summed E-state index contributed by atoms with van der Waals surface area (Å²) in [5.41, 5.74) is 0. The largest absolute Gasteiger partial charge is 0.480 e. The van der Waals surface area contributed by atoms with E-state index >= 15 is 0 Å². The van der Waals surface area contributed by atoms with Gasteiger partial charge in [-0.1, -0.05) is 0 Å². The lowest BCUT2D eigenvalue weighted by atomic mass is 10.0. The molecule has 2 aliphatic rings. The van der Waals surface area contributed by atoms with Gasteiger partial charge < -0.3 is 10.0 Å². The van der Waals surface area contributed by atoms with Gasteiger partial charge in [0.05, 0.1) is 0 Å². The van der Waals surface area contributed by atoms with E-state index in [0.29, 0.717) is 6.04 Å². The standard InChI is InChI=1S/C15H28N2O2S/c1-20-12-3-2-8-16-10-6-13(7-11-16)17-9-4-5-14(17)15(18)19/h13-14H,2-12H2,1H3,(H,18,19). The fourth-order valence-corrected chi connectivity index (χ4v) is 4.04. The Bertz CT molecular complexity index is 306. The number of rotatable bonds is 7. The first-order valence-corrected chi connectivity index (χ1v) is 9.31. The van der Waals surface area contributed by atoms with Crippen molar-refractivity contribution in [3.8, 4) is 0 Å². The molecule has 0 aromatic carbocycles. The molecular formula is C15H28N2O2S. The van der Waals surface area contributed by atoms with Crippen molar-refractivity contribution >= 4 is 17.7 Å². The molecule has 0 radical (unpaired) electrons. The number of nitrogens with zero attached hydrogens (tertiary/aromatic N) is 2. The van der Waals surface area contributed by atoms with E-state index in [-0.39, 0.29) is 6.04 Å². The van der Waals surface area contributed by atoms with Gasteiger partial charge in [0.1, 0.15) is 6.04 Å². The summed E-state index contributed by atoms with van der Waals surface area (Å²) in [6, 6.07) is 0.286. The summed E-state index contributed by atoms with van der Waals surface area (Å²) in [6.45, 7) is 4.49. The highest BCUT2D eigenvalue weighted by Crippen LogP contribution is 2.26. The zero-order valence-electron chi connectivity index (χ0n) is 12.6. The number of likely N-dealkylation sites (tertiary alicyclic amines) is 2. The molecule has 0 bridgehead atoms. The minimum Gasteiger partial charge on any atom is -0.480 e. The van der Waals surface area contributed by atoms with Crippen LogP contribution < -0.4 is 0 Å². The third kappa shape index (κ3) is 4.37. The number of carboxylic acids is 1. The van der Waals surface area contributed by atoms with Crippen LogP contribution in [0.25, 0.3) is 0 Å². The Kier molecular flexibility index (Phi) is 6.65. The van der Waals surface area contributed by atoms with Crippen LogP contribution in [0.15, 0.2) is 0 Å². The average Bonchev–Trinajstić information content (AvgIpc) is 2.94. The van der Waals surface area contributed by atoms with Crippen molar-refractivity contribution in [2.45, 2.75) is 50.6 Å². The second-order valence-electron chi connectivity index (χ2n) is 6.01. The van der Waals surface area contributed by atoms with Crippen molar-refractivity contribution in [2.24, 2.45) is 0 Å². The van der Waals surface area contributed by atoms with E-state index in [4.69, 9.17) is 0 Å². The molecule has 2 heterocycles. The fourth-order valence-electron chi connectivity index (χ4n) is 3.55. The molecule has 0 aliphatic carbocycles. The van der Waals surface area contributed by atoms with Gasteiger partial charge in [-0.3, -0.25) is 9.69 Å². The number of unbranched alkanes of at least 4 members (excludes halogenated alkanes) is 1. The monoisotopic (exact) mass is 300 g/mol. The number of carboxylic acid groups (broad SMARTS) is 1. The number of carbonyl (C=O) groups is 1. The lowest BCUT2D eigenvalue weighted by molar-refractivity contribution is -0.143. The topological polar surface area (TPSA) is 43.8 Å². The maximum atomic E-state index is 11.3. The van der Waals surface area contributed by atoms with Gasteiger partial charge in [-0.15, -0.1) is 0 Å². The highest BCUT2D eigenvalue weighted by molar-refractivity contribution is 7.98. The van der Waals surface area contributed by atoms with Gasteiger partial charge in [-0.25, -0.2) is 0 Å². The molecule has 2 fully saturated rings. The number of thioether (sulfide) groups is 1. The van der Waals surface area contributed by atoms with Gasteiger partial charge in [-0.05, 0) is 76.7 Å². The van der Waals surface area contributed by atoms with Crippen LogP contribution >= 0.6 is 11.8 Å². The summed E-state index contributed by atoms with van der Waals surface area (Å²) in [7, 11) is 0. The van der Waals surface area contributed by atoms with Gasteiger partial charge in [-0.2, -0.15) is 11.8 Å². The van der Waals surface area contributed by atoms with Crippen LogP contribution in [0.4, 0.5) is 0 Å². The van der Waals surface area contributed by atoms with Crippen molar-refractivity contribution in [2.75, 3.05) is 38.2 Å². The minimum absolute atomic E-state index is 0.215. The second-order valence-corrected chi connectivity index (χ2v) is 6.99. The Hall–Kier alpha value is -0.260. The maximum absolute atomic E-state index is 11.3. The van der Waals surface area contributed by atoms with Gasteiger partial charge in [0.25, 0.3) is 0 Å². The van der Waals surface area contributed by atoms with E-state index in [0.717, 1.165) is 45.3 Å². The summed E-state index contributed by atoms with van der Waals surface area (Å²) >= 11 is 1.93. The molecule has 2 saturated heterocycles. The van der Waals surface area contributed by atoms with Crippen molar-refractivity contribution in [3.05, 3.63) is 0 Å². The molecule has 1 atom stereocenters. The summed E-state index contributed by atoms with van der Waals surface area (Å²) in [4.78, 5) is 16.1. The second kappa shape index (κ2) is 8.25. The summed E-state index contributed by atoms with van der Waals surface area (Å²) in [5, 5.41) is 9.28. The normalized spacial score (nSPS) is 26.1. The maximum Gasteiger partial charge on any atom is 0.320 e. The first-order valence-electron chi connectivity index (χ1n) is 7.92. The summed E-state index contributed by atoms with van der Waals surface area (Å²) in [6.07, 6.45) is 8.95. The first kappa shape index (κ1) is 16.1. The van der Waals surface area contributed by atoms with E-state index < -0.39 is 5.97 Å². The molecule has 1 unspecified atom stereocenters. The van der Waals surface area contributed by atoms with Crippen molar-refractivity contribution in [1.82, 2.24) is 9.80 Å². The van der Waals surface area contributed by atoms with Crippen molar-refractivity contribution in [1.29, 1.82) is 0 Å². The predicted octanol–water partition coefficient (Wildman–Crippen LogP) is 2.14. The molecule has 0 aromatic rings. The van der Waals surface area contributed by atoms with Crippen LogP contribution in [-0.2, 0) is 4.79 Å². The van der Waals surface area contributed by atoms with Gasteiger partial charge >= 0.3 is 5.97 Å². The highest BCUT2D eigenvalue weighted by atomic mass is 32.2. The molecule has 20 heavy (non-hydrogen) atoms. The van der Waals surface area contributed by atoms with Crippen LogP contribution in [0.3, 0.4) is 0 Å². The Morgan fingerprint density at radius 2 is 1.95 bits per heavy atom. The minimum atomic E-state index is -0.623. The van der Waals surface area contributed by atoms with Crippen molar-refractivity contribution in [3.63, 3.8) is 0 Å². The first-order chi connectivity index (χ1) is 9.72. The Balaban J connectivity index is 1.70. The molecular weight excluding hydrogens is 272 g/mol. The number of hydrogen-bond donors (Lipinski definition) is 1. The Morgan fingerprint density at radius 1 is 1.20 bits per heavy atom. The van der Waals surface area contributed by atoms with E-state index in [2.05, 4.69) is 16.1 Å². The molecule has 2 rings (SSSR count). The van der Waals surface area contributed by atoms with Gasteiger partial charge in [0.2, 0.25) is 0 Å². The third-order valence-corrected chi connectivity index (χ3v) is 5.38. The molecule has 4 nitrogen and oxygen atoms in total. The molecule has 5 heteroatoms. The molecule has 0 aromatic heterocycles.